The Labute approximate surface area is 110 Å². The minimum atomic E-state index is -0.600. The van der Waals surface area contributed by atoms with E-state index in [1.165, 1.54) is 0 Å². The van der Waals surface area contributed by atoms with E-state index in [4.69, 9.17) is 0 Å². The van der Waals surface area contributed by atoms with Gasteiger partial charge in [0.05, 0.1) is 11.1 Å². The van der Waals surface area contributed by atoms with Gasteiger partial charge in [-0.3, -0.25) is 4.79 Å². The van der Waals surface area contributed by atoms with Crippen LogP contribution in [-0.2, 0) is 4.79 Å². The number of likely N-dealkylation sites (tertiary alicyclic amines) is 1. The summed E-state index contributed by atoms with van der Waals surface area (Å²) in [6, 6.07) is 0. The molecule has 2 unspecified atom stereocenters. The highest BCUT2D eigenvalue weighted by Gasteiger charge is 2.42. The maximum Gasteiger partial charge on any atom is 0.242 e. The molecule has 0 aromatic rings. The minimum absolute atomic E-state index is 0.250. The van der Waals surface area contributed by atoms with Crippen LogP contribution in [0.4, 0.5) is 0 Å². The molecule has 2 aliphatic rings. The van der Waals surface area contributed by atoms with E-state index < -0.39 is 5.60 Å². The molecule has 2 rings (SSSR count). The van der Waals surface area contributed by atoms with Crippen LogP contribution in [0.25, 0.3) is 0 Å². The van der Waals surface area contributed by atoms with E-state index in [2.05, 4.69) is 12.2 Å². The van der Waals surface area contributed by atoms with Gasteiger partial charge in [-0.05, 0) is 52.0 Å². The van der Waals surface area contributed by atoms with Crippen LogP contribution < -0.4 is 5.32 Å². The van der Waals surface area contributed by atoms with Gasteiger partial charge in [0.2, 0.25) is 5.91 Å². The van der Waals surface area contributed by atoms with Gasteiger partial charge in [-0.15, -0.1) is 0 Å². The van der Waals surface area contributed by atoms with E-state index in [1.54, 1.807) is 0 Å². The average Bonchev–Trinajstić information content (AvgIpc) is 2.75. The van der Waals surface area contributed by atoms with Gasteiger partial charge in [0, 0.05) is 13.1 Å². The molecule has 2 atom stereocenters. The maximum atomic E-state index is 12.7. The van der Waals surface area contributed by atoms with Gasteiger partial charge in [0.25, 0.3) is 0 Å². The van der Waals surface area contributed by atoms with Crippen LogP contribution in [0.5, 0.6) is 0 Å². The summed E-state index contributed by atoms with van der Waals surface area (Å²) in [5.74, 6) is 0.250. The largest absolute Gasteiger partial charge is 0.390 e. The molecular formula is C14H26N2O2. The quantitative estimate of drug-likeness (QED) is 0.780. The van der Waals surface area contributed by atoms with Gasteiger partial charge in [0.15, 0.2) is 0 Å². The number of carbonyl (C=O) groups excluding carboxylic acids is 1. The highest BCUT2D eigenvalue weighted by molar-refractivity contribution is 5.86. The highest BCUT2D eigenvalue weighted by atomic mass is 16.3. The zero-order chi connectivity index (χ0) is 13.2. The topological polar surface area (TPSA) is 52.6 Å². The van der Waals surface area contributed by atoms with Crippen molar-refractivity contribution < 1.29 is 9.90 Å². The molecule has 0 aliphatic carbocycles. The summed E-state index contributed by atoms with van der Waals surface area (Å²) < 4.78 is 0. The molecule has 0 radical (unpaired) electrons. The fourth-order valence-corrected chi connectivity index (χ4v) is 3.21. The van der Waals surface area contributed by atoms with Gasteiger partial charge >= 0.3 is 0 Å². The van der Waals surface area contributed by atoms with Crippen molar-refractivity contribution in [3.63, 3.8) is 0 Å². The van der Waals surface area contributed by atoms with Crippen LogP contribution in [0.3, 0.4) is 0 Å². The molecule has 2 aliphatic heterocycles. The first kappa shape index (κ1) is 13.8. The van der Waals surface area contributed by atoms with Crippen LogP contribution >= 0.6 is 0 Å². The van der Waals surface area contributed by atoms with Gasteiger partial charge in [-0.2, -0.15) is 0 Å². The lowest BCUT2D eigenvalue weighted by Crippen LogP contribution is -2.54. The molecule has 18 heavy (non-hydrogen) atoms. The van der Waals surface area contributed by atoms with Gasteiger partial charge in [-0.1, -0.05) is 6.92 Å². The Bertz CT molecular complexity index is 309. The first-order valence-corrected chi connectivity index (χ1v) is 7.26. The second-order valence-corrected chi connectivity index (χ2v) is 6.11. The third-order valence-corrected chi connectivity index (χ3v) is 4.61. The van der Waals surface area contributed by atoms with Crippen LogP contribution in [0.2, 0.25) is 0 Å². The molecule has 0 bridgehead atoms. The fourth-order valence-electron chi connectivity index (χ4n) is 3.21. The standard InChI is InChI=1S/C14H26N2O2/c1-3-14(7-4-9-15-14)12(17)16-10-5-6-13(2,18)8-11-16/h15,18H,3-11H2,1-2H3. The van der Waals surface area contributed by atoms with Crippen LogP contribution in [-0.4, -0.2) is 46.7 Å². The molecule has 0 aromatic heterocycles. The molecule has 1 amide bonds. The normalized spacial score (nSPS) is 37.6. The SMILES string of the molecule is CCC1(C(=O)N2CCCC(C)(O)CC2)CCCN1. The molecule has 0 spiro atoms. The molecule has 0 saturated carbocycles. The summed E-state index contributed by atoms with van der Waals surface area (Å²) in [4.78, 5) is 14.7. The van der Waals surface area contributed by atoms with Crippen molar-refractivity contribution in [3.05, 3.63) is 0 Å². The molecule has 2 fully saturated rings. The summed E-state index contributed by atoms with van der Waals surface area (Å²) in [6.45, 7) is 6.40. The monoisotopic (exact) mass is 254 g/mol. The van der Waals surface area contributed by atoms with E-state index in [1.807, 2.05) is 11.8 Å². The Morgan fingerprint density at radius 1 is 1.28 bits per heavy atom. The molecule has 0 aromatic carbocycles. The van der Waals surface area contributed by atoms with Crippen LogP contribution in [0, 0.1) is 0 Å². The number of nitrogens with one attached hydrogen (secondary N) is 1. The van der Waals surface area contributed by atoms with E-state index in [0.29, 0.717) is 13.0 Å². The van der Waals surface area contributed by atoms with E-state index in [9.17, 15) is 9.90 Å². The Morgan fingerprint density at radius 3 is 2.67 bits per heavy atom. The Hall–Kier alpha value is -0.610. The summed E-state index contributed by atoms with van der Waals surface area (Å²) in [5, 5.41) is 13.5. The molecule has 4 heteroatoms. The van der Waals surface area contributed by atoms with Crippen molar-refractivity contribution in [2.75, 3.05) is 19.6 Å². The van der Waals surface area contributed by atoms with Crippen molar-refractivity contribution >= 4 is 5.91 Å². The predicted octanol–water partition coefficient (Wildman–Crippen LogP) is 1.28. The van der Waals surface area contributed by atoms with Crippen molar-refractivity contribution in [1.29, 1.82) is 0 Å². The van der Waals surface area contributed by atoms with Crippen LogP contribution in [0.1, 0.15) is 52.4 Å². The number of rotatable bonds is 2. The van der Waals surface area contributed by atoms with Gasteiger partial charge < -0.3 is 15.3 Å². The summed E-state index contributed by atoms with van der Waals surface area (Å²) in [7, 11) is 0. The van der Waals surface area contributed by atoms with Crippen molar-refractivity contribution in [3.8, 4) is 0 Å². The van der Waals surface area contributed by atoms with E-state index >= 15 is 0 Å². The lowest BCUT2D eigenvalue weighted by molar-refractivity contribution is -0.138. The number of amides is 1. The number of carbonyl (C=O) groups is 1. The van der Waals surface area contributed by atoms with E-state index in [0.717, 1.165) is 45.2 Å². The maximum absolute atomic E-state index is 12.7. The number of nitrogens with zero attached hydrogens (tertiary/aromatic N) is 1. The molecular weight excluding hydrogens is 228 g/mol. The molecule has 2 saturated heterocycles. The molecule has 104 valence electrons. The fraction of sp³-hybridized carbons (Fsp3) is 0.929. The Kier molecular flexibility index (Phi) is 3.97. The zero-order valence-corrected chi connectivity index (χ0v) is 11.7. The Morgan fingerprint density at radius 2 is 2.06 bits per heavy atom. The first-order valence-electron chi connectivity index (χ1n) is 7.26. The third-order valence-electron chi connectivity index (χ3n) is 4.61. The third kappa shape index (κ3) is 2.69. The summed E-state index contributed by atoms with van der Waals surface area (Å²) in [6.07, 6.45) is 5.29. The average molecular weight is 254 g/mol. The molecule has 2 heterocycles. The molecule has 4 nitrogen and oxygen atoms in total. The second kappa shape index (κ2) is 5.17. The zero-order valence-electron chi connectivity index (χ0n) is 11.7. The van der Waals surface area contributed by atoms with Crippen molar-refractivity contribution in [2.24, 2.45) is 0 Å². The highest BCUT2D eigenvalue weighted by Crippen LogP contribution is 2.28. The first-order chi connectivity index (χ1) is 8.49. The van der Waals surface area contributed by atoms with Crippen molar-refractivity contribution in [1.82, 2.24) is 10.2 Å². The van der Waals surface area contributed by atoms with E-state index in [-0.39, 0.29) is 11.4 Å². The number of aliphatic hydroxyl groups is 1. The second-order valence-electron chi connectivity index (χ2n) is 6.11. The minimum Gasteiger partial charge on any atom is -0.390 e. The lowest BCUT2D eigenvalue weighted by Gasteiger charge is -2.33. The number of hydrogen-bond donors (Lipinski definition) is 2. The smallest absolute Gasteiger partial charge is 0.242 e. The predicted molar refractivity (Wildman–Crippen MR) is 71.3 cm³/mol. The number of hydrogen-bond acceptors (Lipinski definition) is 3. The molecule has 2 N–H and O–H groups in total. The van der Waals surface area contributed by atoms with Crippen LogP contribution in [0.15, 0.2) is 0 Å². The Balaban J connectivity index is 2.04. The lowest BCUT2D eigenvalue weighted by atomic mass is 9.92. The summed E-state index contributed by atoms with van der Waals surface area (Å²) >= 11 is 0. The van der Waals surface area contributed by atoms with Gasteiger partial charge in [0.1, 0.15) is 0 Å². The summed E-state index contributed by atoms with van der Waals surface area (Å²) in [5.41, 5.74) is -0.923. The van der Waals surface area contributed by atoms with Crippen molar-refractivity contribution in [2.45, 2.75) is 63.5 Å². The van der Waals surface area contributed by atoms with Gasteiger partial charge in [-0.25, -0.2) is 0 Å².